The predicted octanol–water partition coefficient (Wildman–Crippen LogP) is 7.80. The molecule has 0 fully saturated rings. The fraction of sp³-hybridized carbons (Fsp3) is 0.579. The number of halogens is 2. The highest BCUT2D eigenvalue weighted by Gasteiger charge is 2.47. The molecular formula is C19H30Br2OSi. The fourth-order valence-electron chi connectivity index (χ4n) is 3.72. The summed E-state index contributed by atoms with van der Waals surface area (Å²) in [7, 11) is -1.97. The molecule has 0 spiro atoms. The quantitative estimate of drug-likeness (QED) is 0.297. The van der Waals surface area contributed by atoms with Crippen LogP contribution in [0.5, 0.6) is 5.75 Å². The molecule has 0 unspecified atom stereocenters. The summed E-state index contributed by atoms with van der Waals surface area (Å²) >= 11 is 7.44. The molecule has 0 aromatic heterocycles. The van der Waals surface area contributed by atoms with Crippen molar-refractivity contribution in [3.63, 3.8) is 0 Å². The summed E-state index contributed by atoms with van der Waals surface area (Å²) < 4.78 is 9.13. The second kappa shape index (κ2) is 8.35. The van der Waals surface area contributed by atoms with Crippen LogP contribution in [0.1, 0.15) is 52.7 Å². The van der Waals surface area contributed by atoms with E-state index in [1.165, 1.54) is 11.1 Å². The van der Waals surface area contributed by atoms with Crippen LogP contribution >= 0.6 is 31.9 Å². The van der Waals surface area contributed by atoms with Crippen molar-refractivity contribution >= 4 is 40.2 Å². The molecule has 0 saturated carbocycles. The van der Waals surface area contributed by atoms with Gasteiger partial charge in [0.25, 0.3) is 8.32 Å². The molecule has 1 aromatic carbocycles. The van der Waals surface area contributed by atoms with E-state index < -0.39 is 8.32 Å². The van der Waals surface area contributed by atoms with E-state index in [0.717, 1.165) is 21.1 Å². The van der Waals surface area contributed by atoms with E-state index in [1.807, 2.05) is 6.08 Å². The van der Waals surface area contributed by atoms with Gasteiger partial charge in [-0.2, -0.15) is 0 Å². The van der Waals surface area contributed by atoms with E-state index >= 15 is 0 Å². The van der Waals surface area contributed by atoms with Crippen molar-refractivity contribution in [2.24, 2.45) is 0 Å². The van der Waals surface area contributed by atoms with Crippen LogP contribution in [0.4, 0.5) is 0 Å². The van der Waals surface area contributed by atoms with Gasteiger partial charge in [-0.05, 0) is 41.6 Å². The Morgan fingerprint density at radius 2 is 1.57 bits per heavy atom. The Balaban J connectivity index is 3.53. The molecule has 1 aromatic rings. The topological polar surface area (TPSA) is 9.23 Å². The molecule has 1 rings (SSSR count). The molecule has 0 atom stereocenters. The maximum atomic E-state index is 6.92. The lowest BCUT2D eigenvalue weighted by molar-refractivity contribution is 0.475. The molecule has 0 radical (unpaired) electrons. The molecule has 0 aliphatic heterocycles. The summed E-state index contributed by atoms with van der Waals surface area (Å²) in [5.74, 6) is 1.01. The highest BCUT2D eigenvalue weighted by atomic mass is 79.9. The van der Waals surface area contributed by atoms with Gasteiger partial charge in [-0.3, -0.25) is 0 Å². The SMILES string of the molecule is C=CCc1c(O[Si](C(C)C)(C(C)C)C(C)C)cc(Br)c(C)c1Br. The lowest BCUT2D eigenvalue weighted by Crippen LogP contribution is -2.50. The number of hydrogen-bond acceptors (Lipinski definition) is 1. The van der Waals surface area contributed by atoms with Crippen LogP contribution in [0, 0.1) is 6.92 Å². The van der Waals surface area contributed by atoms with Crippen molar-refractivity contribution in [1.29, 1.82) is 0 Å². The summed E-state index contributed by atoms with van der Waals surface area (Å²) in [5, 5.41) is 0. The molecule has 4 heteroatoms. The normalized spacial score (nSPS) is 12.3. The van der Waals surface area contributed by atoms with Crippen molar-refractivity contribution in [2.45, 2.75) is 71.5 Å². The van der Waals surface area contributed by atoms with Crippen LogP contribution in [-0.4, -0.2) is 8.32 Å². The zero-order chi connectivity index (χ0) is 17.9. The number of rotatable bonds is 7. The third kappa shape index (κ3) is 4.13. The van der Waals surface area contributed by atoms with Crippen molar-refractivity contribution in [2.75, 3.05) is 0 Å². The second-order valence-corrected chi connectivity index (χ2v) is 14.2. The Labute approximate surface area is 160 Å². The van der Waals surface area contributed by atoms with Gasteiger partial charge in [0.15, 0.2) is 0 Å². The summed E-state index contributed by atoms with van der Waals surface area (Å²) in [6.45, 7) is 19.9. The van der Waals surface area contributed by atoms with Gasteiger partial charge in [-0.1, -0.05) is 79.5 Å². The van der Waals surface area contributed by atoms with E-state index in [4.69, 9.17) is 4.43 Å². The lowest BCUT2D eigenvalue weighted by Gasteiger charge is -2.42. The van der Waals surface area contributed by atoms with E-state index in [2.05, 4.69) is 93.0 Å². The van der Waals surface area contributed by atoms with Gasteiger partial charge in [-0.15, -0.1) is 6.58 Å². The molecule has 0 saturated heterocycles. The van der Waals surface area contributed by atoms with Crippen LogP contribution < -0.4 is 4.43 Å². The molecule has 0 aliphatic carbocycles. The zero-order valence-corrected chi connectivity index (χ0v) is 19.6. The Kier molecular flexibility index (Phi) is 7.62. The minimum atomic E-state index is -1.97. The summed E-state index contributed by atoms with van der Waals surface area (Å²) in [6, 6.07) is 2.15. The minimum absolute atomic E-state index is 0.554. The van der Waals surface area contributed by atoms with Gasteiger partial charge >= 0.3 is 0 Å². The first-order valence-corrected chi connectivity index (χ1v) is 12.1. The first-order valence-electron chi connectivity index (χ1n) is 8.36. The first-order chi connectivity index (χ1) is 10.6. The lowest BCUT2D eigenvalue weighted by atomic mass is 10.1. The Hall–Kier alpha value is -0.0631. The van der Waals surface area contributed by atoms with Crippen molar-refractivity contribution in [3.8, 4) is 5.75 Å². The standard InChI is InChI=1S/C19H30Br2OSi/c1-9-10-16-18(11-17(20)15(8)19(16)21)22-23(12(2)3,13(4)5)14(6)7/h9,11-14H,1,10H2,2-8H3. The average molecular weight is 462 g/mol. The van der Waals surface area contributed by atoms with E-state index in [-0.39, 0.29) is 0 Å². The third-order valence-corrected chi connectivity index (χ3v) is 12.7. The Morgan fingerprint density at radius 3 is 1.96 bits per heavy atom. The average Bonchev–Trinajstić information content (AvgIpc) is 2.44. The van der Waals surface area contributed by atoms with Gasteiger partial charge in [0.1, 0.15) is 5.75 Å². The van der Waals surface area contributed by atoms with Crippen LogP contribution in [-0.2, 0) is 6.42 Å². The van der Waals surface area contributed by atoms with Crippen LogP contribution in [0.2, 0.25) is 16.6 Å². The van der Waals surface area contributed by atoms with Crippen molar-refractivity contribution in [3.05, 3.63) is 38.8 Å². The predicted molar refractivity (Wildman–Crippen MR) is 112 cm³/mol. The van der Waals surface area contributed by atoms with Crippen molar-refractivity contribution < 1.29 is 4.43 Å². The molecule has 1 nitrogen and oxygen atoms in total. The smallest absolute Gasteiger partial charge is 0.258 e. The van der Waals surface area contributed by atoms with Crippen LogP contribution in [0.15, 0.2) is 27.7 Å². The highest BCUT2D eigenvalue weighted by molar-refractivity contribution is 9.11. The first kappa shape index (κ1) is 21.0. The molecule has 0 N–H and O–H groups in total. The Morgan fingerprint density at radius 1 is 1.09 bits per heavy atom. The summed E-state index contributed by atoms with van der Waals surface area (Å²) in [6.07, 6.45) is 2.76. The van der Waals surface area contributed by atoms with E-state index in [0.29, 0.717) is 16.6 Å². The third-order valence-electron chi connectivity index (χ3n) is 4.85. The number of hydrogen-bond donors (Lipinski definition) is 0. The number of allylic oxidation sites excluding steroid dienone is 1. The summed E-state index contributed by atoms with van der Waals surface area (Å²) in [5.41, 5.74) is 4.08. The molecule has 23 heavy (non-hydrogen) atoms. The molecule has 0 amide bonds. The molecular weight excluding hydrogens is 432 g/mol. The molecule has 130 valence electrons. The van der Waals surface area contributed by atoms with E-state index in [1.54, 1.807) is 0 Å². The largest absolute Gasteiger partial charge is 0.542 e. The zero-order valence-electron chi connectivity index (χ0n) is 15.5. The van der Waals surface area contributed by atoms with Gasteiger partial charge in [0, 0.05) is 14.5 Å². The van der Waals surface area contributed by atoms with Crippen LogP contribution in [0.25, 0.3) is 0 Å². The number of benzene rings is 1. The summed E-state index contributed by atoms with van der Waals surface area (Å²) in [4.78, 5) is 0. The monoisotopic (exact) mass is 460 g/mol. The molecule has 0 heterocycles. The Bertz CT molecular complexity index is 543. The molecule has 0 bridgehead atoms. The minimum Gasteiger partial charge on any atom is -0.542 e. The van der Waals surface area contributed by atoms with Crippen LogP contribution in [0.3, 0.4) is 0 Å². The van der Waals surface area contributed by atoms with Gasteiger partial charge in [-0.25, -0.2) is 0 Å². The second-order valence-electron chi connectivity index (χ2n) is 7.19. The highest BCUT2D eigenvalue weighted by Crippen LogP contribution is 2.45. The van der Waals surface area contributed by atoms with Crippen molar-refractivity contribution in [1.82, 2.24) is 0 Å². The van der Waals surface area contributed by atoms with Gasteiger partial charge in [0.05, 0.1) is 0 Å². The van der Waals surface area contributed by atoms with E-state index in [9.17, 15) is 0 Å². The maximum Gasteiger partial charge on any atom is 0.258 e. The van der Waals surface area contributed by atoms with Gasteiger partial charge in [0.2, 0.25) is 0 Å². The fourth-order valence-corrected chi connectivity index (χ4v) is 10.2. The van der Waals surface area contributed by atoms with Gasteiger partial charge < -0.3 is 4.43 Å². The maximum absolute atomic E-state index is 6.92. The molecule has 0 aliphatic rings.